The van der Waals surface area contributed by atoms with E-state index in [2.05, 4.69) is 5.32 Å². The highest BCUT2D eigenvalue weighted by molar-refractivity contribution is 5.90. The number of hydrogen-bond acceptors (Lipinski definition) is 2. The van der Waals surface area contributed by atoms with E-state index in [0.29, 0.717) is 12.5 Å². The number of nitrogens with one attached hydrogen (secondary N) is 1. The third kappa shape index (κ3) is 1.61. The van der Waals surface area contributed by atoms with Crippen LogP contribution in [0.15, 0.2) is 30.3 Å². The molecule has 0 aliphatic heterocycles. The standard InChI is InChI=1S/C15H17NO2/c17-13(15-8-11(15)9-15)16-14(6-7-14)10-18-12-4-2-1-3-5-12/h1-5,11H,6-10H2,(H,16,17). The van der Waals surface area contributed by atoms with Crippen molar-refractivity contribution in [2.75, 3.05) is 6.61 Å². The molecule has 3 fully saturated rings. The van der Waals surface area contributed by atoms with E-state index in [0.717, 1.165) is 31.4 Å². The van der Waals surface area contributed by atoms with Gasteiger partial charge in [0.25, 0.3) is 0 Å². The molecule has 0 aromatic heterocycles. The summed E-state index contributed by atoms with van der Waals surface area (Å²) in [5.74, 6) is 1.87. The van der Waals surface area contributed by atoms with Crippen LogP contribution in [0.25, 0.3) is 0 Å². The number of ether oxygens (including phenoxy) is 1. The SMILES string of the molecule is O=C(NC1(COc2ccccc2)CC1)C12CC1C2. The van der Waals surface area contributed by atoms with Crippen LogP contribution in [-0.2, 0) is 4.79 Å². The molecule has 18 heavy (non-hydrogen) atoms. The van der Waals surface area contributed by atoms with E-state index in [1.165, 1.54) is 0 Å². The fourth-order valence-corrected chi connectivity index (χ4v) is 2.63. The van der Waals surface area contributed by atoms with Gasteiger partial charge in [-0.15, -0.1) is 0 Å². The number of carbonyl (C=O) groups is 1. The van der Waals surface area contributed by atoms with E-state index in [9.17, 15) is 4.79 Å². The van der Waals surface area contributed by atoms with Gasteiger partial charge in [-0.25, -0.2) is 0 Å². The molecule has 0 heterocycles. The van der Waals surface area contributed by atoms with Crippen molar-refractivity contribution in [1.82, 2.24) is 5.32 Å². The maximum atomic E-state index is 12.1. The van der Waals surface area contributed by atoms with Gasteiger partial charge in [-0.2, -0.15) is 0 Å². The van der Waals surface area contributed by atoms with Crippen molar-refractivity contribution in [3.63, 3.8) is 0 Å². The molecular formula is C15H17NO2. The van der Waals surface area contributed by atoms with E-state index in [1.54, 1.807) is 0 Å². The van der Waals surface area contributed by atoms with Crippen LogP contribution >= 0.6 is 0 Å². The second-order valence-corrected chi connectivity index (χ2v) is 6.10. The second kappa shape index (κ2) is 3.28. The molecule has 0 atom stereocenters. The van der Waals surface area contributed by atoms with Crippen LogP contribution in [0.4, 0.5) is 0 Å². The highest BCUT2D eigenvalue weighted by atomic mass is 16.5. The van der Waals surface area contributed by atoms with Crippen molar-refractivity contribution in [2.45, 2.75) is 31.2 Å². The van der Waals surface area contributed by atoms with Gasteiger partial charge in [0.1, 0.15) is 12.4 Å². The van der Waals surface area contributed by atoms with Gasteiger partial charge in [0.15, 0.2) is 0 Å². The van der Waals surface area contributed by atoms with Gasteiger partial charge in [-0.05, 0) is 43.7 Å². The number of fused-ring (bicyclic) bond motifs is 1. The Balaban J connectivity index is 1.35. The number of carbonyl (C=O) groups excluding carboxylic acids is 1. The van der Waals surface area contributed by atoms with E-state index in [4.69, 9.17) is 4.74 Å². The Bertz CT molecular complexity index is 486. The third-order valence-corrected chi connectivity index (χ3v) is 4.63. The van der Waals surface area contributed by atoms with Crippen LogP contribution in [0.3, 0.4) is 0 Å². The molecule has 0 spiro atoms. The average Bonchev–Trinajstić information content (AvgIpc) is 3.21. The summed E-state index contributed by atoms with van der Waals surface area (Å²) in [6.45, 7) is 0.601. The first-order valence-corrected chi connectivity index (χ1v) is 6.73. The molecule has 4 rings (SSSR count). The summed E-state index contributed by atoms with van der Waals surface area (Å²) >= 11 is 0. The lowest BCUT2D eigenvalue weighted by atomic mass is 10.2. The highest BCUT2D eigenvalue weighted by Crippen LogP contribution is 2.75. The van der Waals surface area contributed by atoms with Gasteiger partial charge in [0, 0.05) is 0 Å². The largest absolute Gasteiger partial charge is 0.491 e. The number of amides is 1. The third-order valence-electron chi connectivity index (χ3n) is 4.63. The molecule has 94 valence electrons. The van der Waals surface area contributed by atoms with Crippen molar-refractivity contribution in [3.05, 3.63) is 30.3 Å². The van der Waals surface area contributed by atoms with Gasteiger partial charge in [0.2, 0.25) is 5.91 Å². The lowest BCUT2D eigenvalue weighted by molar-refractivity contribution is -0.125. The smallest absolute Gasteiger partial charge is 0.227 e. The summed E-state index contributed by atoms with van der Waals surface area (Å²) in [6, 6.07) is 9.81. The number of para-hydroxylation sites is 1. The molecule has 3 nitrogen and oxygen atoms in total. The quantitative estimate of drug-likeness (QED) is 0.860. The first-order chi connectivity index (χ1) is 8.73. The summed E-state index contributed by atoms with van der Waals surface area (Å²) in [7, 11) is 0. The fraction of sp³-hybridized carbons (Fsp3) is 0.533. The van der Waals surface area contributed by atoms with Gasteiger partial charge in [-0.1, -0.05) is 18.2 Å². The molecule has 3 saturated carbocycles. The molecule has 3 heteroatoms. The van der Waals surface area contributed by atoms with E-state index >= 15 is 0 Å². The minimum Gasteiger partial charge on any atom is -0.491 e. The maximum Gasteiger partial charge on any atom is 0.227 e. The minimum atomic E-state index is -0.0720. The van der Waals surface area contributed by atoms with Crippen LogP contribution in [-0.4, -0.2) is 18.1 Å². The topological polar surface area (TPSA) is 38.3 Å². The lowest BCUT2D eigenvalue weighted by Gasteiger charge is -2.19. The molecule has 0 radical (unpaired) electrons. The Morgan fingerprint density at radius 3 is 2.50 bits per heavy atom. The zero-order valence-electron chi connectivity index (χ0n) is 10.3. The van der Waals surface area contributed by atoms with E-state index in [1.807, 2.05) is 30.3 Å². The zero-order chi connectivity index (χ0) is 12.2. The normalized spacial score (nSPS) is 33.2. The molecule has 1 N–H and O–H groups in total. The van der Waals surface area contributed by atoms with Crippen LogP contribution in [0.5, 0.6) is 5.75 Å². The van der Waals surface area contributed by atoms with Crippen molar-refractivity contribution < 1.29 is 9.53 Å². The summed E-state index contributed by atoms with van der Waals surface area (Å²) in [5, 5.41) is 3.22. The second-order valence-electron chi connectivity index (χ2n) is 6.10. The predicted molar refractivity (Wildman–Crippen MR) is 67.2 cm³/mol. The molecule has 1 amide bonds. The number of hydrogen-bond donors (Lipinski definition) is 1. The van der Waals surface area contributed by atoms with Crippen LogP contribution < -0.4 is 10.1 Å². The summed E-state index contributed by atoms with van der Waals surface area (Å²) in [5.41, 5.74) is -0.000256. The van der Waals surface area contributed by atoms with Crippen molar-refractivity contribution in [2.24, 2.45) is 11.3 Å². The molecular weight excluding hydrogens is 226 g/mol. The van der Waals surface area contributed by atoms with Crippen molar-refractivity contribution in [1.29, 1.82) is 0 Å². The summed E-state index contributed by atoms with van der Waals surface area (Å²) in [6.07, 6.45) is 4.33. The molecule has 3 aliphatic carbocycles. The number of rotatable bonds is 5. The Labute approximate surface area is 107 Å². The molecule has 0 unspecified atom stereocenters. The van der Waals surface area contributed by atoms with Gasteiger partial charge < -0.3 is 10.1 Å². The van der Waals surface area contributed by atoms with Crippen LogP contribution in [0, 0.1) is 11.3 Å². The fourth-order valence-electron chi connectivity index (χ4n) is 2.63. The summed E-state index contributed by atoms with van der Waals surface area (Å²) < 4.78 is 5.77. The molecule has 3 aliphatic rings. The van der Waals surface area contributed by atoms with Gasteiger partial charge in [-0.3, -0.25) is 4.79 Å². The first kappa shape index (κ1) is 10.4. The highest BCUT2D eigenvalue weighted by Gasteiger charge is 2.75. The molecule has 0 bridgehead atoms. The zero-order valence-corrected chi connectivity index (χ0v) is 10.3. The average molecular weight is 243 g/mol. The Kier molecular flexibility index (Phi) is 1.90. The Morgan fingerprint density at radius 1 is 1.28 bits per heavy atom. The van der Waals surface area contributed by atoms with E-state index in [-0.39, 0.29) is 16.9 Å². The van der Waals surface area contributed by atoms with Crippen molar-refractivity contribution in [3.8, 4) is 5.75 Å². The van der Waals surface area contributed by atoms with Gasteiger partial charge in [0.05, 0.1) is 11.0 Å². The monoisotopic (exact) mass is 243 g/mol. The maximum absolute atomic E-state index is 12.1. The van der Waals surface area contributed by atoms with E-state index < -0.39 is 0 Å². The molecule has 0 saturated heterocycles. The van der Waals surface area contributed by atoms with Crippen molar-refractivity contribution >= 4 is 5.91 Å². The molecule has 1 aromatic carbocycles. The van der Waals surface area contributed by atoms with Crippen LogP contribution in [0.2, 0.25) is 0 Å². The Morgan fingerprint density at radius 2 is 1.94 bits per heavy atom. The van der Waals surface area contributed by atoms with Gasteiger partial charge >= 0.3 is 0 Å². The molecule has 1 aromatic rings. The first-order valence-electron chi connectivity index (χ1n) is 6.73. The van der Waals surface area contributed by atoms with Crippen LogP contribution in [0.1, 0.15) is 25.7 Å². The summed E-state index contributed by atoms with van der Waals surface area (Å²) in [4.78, 5) is 12.1. The predicted octanol–water partition coefficient (Wildman–Crippen LogP) is 2.12. The lowest BCUT2D eigenvalue weighted by Crippen LogP contribution is -2.43. The number of benzene rings is 1. The minimum absolute atomic E-state index is 0.0718. The Hall–Kier alpha value is -1.51.